The summed E-state index contributed by atoms with van der Waals surface area (Å²) in [5.74, 6) is 3.26. The zero-order valence-electron chi connectivity index (χ0n) is 21.1. The van der Waals surface area contributed by atoms with Crippen LogP contribution in [0.25, 0.3) is 0 Å². The fraction of sp³-hybridized carbons (Fsp3) is 0.793. The van der Waals surface area contributed by atoms with E-state index in [1.165, 1.54) is 44.1 Å². The van der Waals surface area contributed by atoms with E-state index >= 15 is 0 Å². The minimum Gasteiger partial charge on any atom is -0.441 e. The van der Waals surface area contributed by atoms with Crippen molar-refractivity contribution in [3.63, 3.8) is 0 Å². The Bertz CT molecular complexity index is 709. The lowest BCUT2D eigenvalue weighted by Crippen LogP contribution is -2.37. The second kappa shape index (κ2) is 9.56. The summed E-state index contributed by atoms with van der Waals surface area (Å²) in [5, 5.41) is 18.6. The fourth-order valence-electron chi connectivity index (χ4n) is 7.02. The largest absolute Gasteiger partial charge is 0.441 e. The van der Waals surface area contributed by atoms with Crippen molar-refractivity contribution < 1.29 is 10.2 Å². The average Bonchev–Trinajstić information content (AvgIpc) is 3.06. The van der Waals surface area contributed by atoms with Crippen molar-refractivity contribution in [2.75, 3.05) is 0 Å². The predicted octanol–water partition coefficient (Wildman–Crippen LogP) is 6.96. The van der Waals surface area contributed by atoms with Crippen molar-refractivity contribution in [1.29, 1.82) is 0 Å². The van der Waals surface area contributed by atoms with Gasteiger partial charge in [0.1, 0.15) is 0 Å². The molecule has 31 heavy (non-hydrogen) atoms. The number of rotatable bonds is 6. The van der Waals surface area contributed by atoms with Gasteiger partial charge in [0, 0.05) is 20.3 Å². The first-order valence-corrected chi connectivity index (χ1v) is 13.0. The molecule has 3 N–H and O–H groups in total. The maximum atomic E-state index is 10.4. The van der Waals surface area contributed by atoms with E-state index in [4.69, 9.17) is 5.11 Å². The smallest absolute Gasteiger partial charge is 0.157 e. The van der Waals surface area contributed by atoms with E-state index < -0.39 is 0 Å². The number of hydrogen-bond acceptors (Lipinski definition) is 1. The Morgan fingerprint density at radius 3 is 2.58 bits per heavy atom. The molecule has 2 heteroatoms. The molecule has 0 aromatic carbocycles. The summed E-state index contributed by atoms with van der Waals surface area (Å²) < 4.78 is 0. The van der Waals surface area contributed by atoms with Gasteiger partial charge in [-0.15, -0.1) is 0 Å². The summed E-state index contributed by atoms with van der Waals surface area (Å²) in [5.41, 5.74) is 3.97. The fourth-order valence-corrected chi connectivity index (χ4v) is 7.02. The molecule has 0 aromatic heterocycles. The molecular formula is C29H49O2+. The Labute approximate surface area is 191 Å². The van der Waals surface area contributed by atoms with Gasteiger partial charge in [-0.3, -0.25) is 0 Å². The molecule has 2 nitrogen and oxygen atoms in total. The molecule has 3 aliphatic rings. The monoisotopic (exact) mass is 429 g/mol. The third kappa shape index (κ3) is 5.38. The number of aliphatic hydroxyl groups is 1. The lowest BCUT2D eigenvalue weighted by Gasteiger charge is -2.45. The van der Waals surface area contributed by atoms with Crippen LogP contribution in [-0.4, -0.2) is 21.9 Å². The molecule has 3 rings (SSSR count). The molecule has 3 saturated carbocycles. The Kier molecular flexibility index (Phi) is 7.64. The highest BCUT2D eigenvalue weighted by atomic mass is 16.3. The van der Waals surface area contributed by atoms with Gasteiger partial charge in [-0.25, -0.2) is 0 Å². The van der Waals surface area contributed by atoms with E-state index in [0.717, 1.165) is 36.7 Å². The maximum Gasteiger partial charge on any atom is 0.157 e. The molecule has 0 heterocycles. The quantitative estimate of drug-likeness (QED) is 0.456. The van der Waals surface area contributed by atoms with E-state index in [9.17, 15) is 5.11 Å². The van der Waals surface area contributed by atoms with Crippen LogP contribution < -0.4 is 0 Å². The van der Waals surface area contributed by atoms with Crippen LogP contribution in [0.1, 0.15) is 99.3 Å². The molecule has 0 radical (unpaired) electrons. The van der Waals surface area contributed by atoms with Gasteiger partial charge in [-0.2, -0.15) is 0 Å². The first kappa shape index (κ1) is 24.8. The predicted molar refractivity (Wildman–Crippen MR) is 133 cm³/mol. The van der Waals surface area contributed by atoms with Crippen LogP contribution in [0.5, 0.6) is 0 Å². The summed E-state index contributed by atoms with van der Waals surface area (Å²) in [4.78, 5) is 0. The molecule has 0 spiro atoms. The zero-order valence-corrected chi connectivity index (χ0v) is 21.1. The van der Waals surface area contributed by atoms with E-state index in [-0.39, 0.29) is 11.7 Å². The van der Waals surface area contributed by atoms with E-state index in [1.54, 1.807) is 5.57 Å². The Morgan fingerprint density at radius 2 is 1.90 bits per heavy atom. The zero-order chi connectivity index (χ0) is 23.0. The summed E-state index contributed by atoms with van der Waals surface area (Å²) in [6, 6.07) is 0. The topological polar surface area (TPSA) is 43.1 Å². The first-order valence-electron chi connectivity index (χ1n) is 13.0. The van der Waals surface area contributed by atoms with Gasteiger partial charge in [-0.05, 0) is 97.5 Å². The SMILES string of the molecule is C=C1/C(=C\C=C2/CCC[C@@]3(C)C2CCC3[C@@H](C)[C@H](C)CCC(C)(C)[OH2+])CC[C@H](C)[C@@H]1O. The van der Waals surface area contributed by atoms with Gasteiger partial charge in [0.2, 0.25) is 0 Å². The molecule has 7 atom stereocenters. The van der Waals surface area contributed by atoms with Crippen LogP contribution in [0.3, 0.4) is 0 Å². The van der Waals surface area contributed by atoms with Crippen LogP contribution in [0, 0.1) is 35.0 Å². The third-order valence-corrected chi connectivity index (χ3v) is 9.47. The highest BCUT2D eigenvalue weighted by Crippen LogP contribution is 2.60. The number of allylic oxidation sites excluding steroid dienone is 3. The van der Waals surface area contributed by atoms with Crippen molar-refractivity contribution in [2.45, 2.75) is 111 Å². The van der Waals surface area contributed by atoms with Crippen molar-refractivity contribution in [1.82, 2.24) is 0 Å². The summed E-state index contributed by atoms with van der Waals surface area (Å²) in [6.45, 7) is 17.9. The van der Waals surface area contributed by atoms with Crippen LogP contribution in [-0.2, 0) is 0 Å². The minimum absolute atomic E-state index is 0.307. The second-order valence-corrected chi connectivity index (χ2v) is 12.3. The molecule has 176 valence electrons. The minimum atomic E-state index is -0.373. The summed E-state index contributed by atoms with van der Waals surface area (Å²) >= 11 is 0. The van der Waals surface area contributed by atoms with Gasteiger partial charge in [0.05, 0.1) is 6.10 Å². The van der Waals surface area contributed by atoms with Crippen molar-refractivity contribution in [3.05, 3.63) is 35.5 Å². The van der Waals surface area contributed by atoms with E-state index in [1.807, 2.05) is 13.8 Å². The molecule has 0 aliphatic heterocycles. The van der Waals surface area contributed by atoms with Crippen molar-refractivity contribution in [2.24, 2.45) is 35.0 Å². The molecule has 3 fully saturated rings. The first-order chi connectivity index (χ1) is 14.4. The average molecular weight is 430 g/mol. The standard InChI is InChI=1S/C29H48O2/c1-19(16-18-28(5,6)31)21(3)25-14-15-26-24(9-8-17-29(25,26)7)13-12-23-11-10-20(2)27(30)22(23)4/h12-13,19-21,25-27,30-31H,4,8-11,14-18H2,1-3,5-7H3/p+1/b23-12-,24-13+/t19-,20+,21+,25?,26?,27+,29-/m1/s1. The van der Waals surface area contributed by atoms with Crippen LogP contribution in [0.4, 0.5) is 0 Å². The molecule has 0 saturated heterocycles. The van der Waals surface area contributed by atoms with Crippen molar-refractivity contribution in [3.8, 4) is 0 Å². The number of hydrogen-bond donors (Lipinski definition) is 1. The normalized spacial score (nSPS) is 39.0. The highest BCUT2D eigenvalue weighted by Gasteiger charge is 2.51. The molecule has 3 aliphatic carbocycles. The summed E-state index contributed by atoms with van der Waals surface area (Å²) in [7, 11) is 0. The van der Waals surface area contributed by atoms with Crippen molar-refractivity contribution >= 4 is 0 Å². The molecule has 0 aromatic rings. The van der Waals surface area contributed by atoms with Crippen LogP contribution in [0.15, 0.2) is 35.5 Å². The van der Waals surface area contributed by atoms with Crippen LogP contribution in [0.2, 0.25) is 0 Å². The van der Waals surface area contributed by atoms with Gasteiger partial charge >= 0.3 is 0 Å². The highest BCUT2D eigenvalue weighted by molar-refractivity contribution is 5.38. The van der Waals surface area contributed by atoms with E-state index in [2.05, 4.69) is 46.4 Å². The lowest BCUT2D eigenvalue weighted by molar-refractivity contribution is 0.0447. The number of aliphatic hydroxyl groups excluding tert-OH is 1. The van der Waals surface area contributed by atoms with Gasteiger partial charge in [0.15, 0.2) is 5.60 Å². The third-order valence-electron chi connectivity index (χ3n) is 9.47. The maximum absolute atomic E-state index is 10.4. The summed E-state index contributed by atoms with van der Waals surface area (Å²) in [6.07, 6.45) is 15.2. The van der Waals surface area contributed by atoms with Crippen LogP contribution >= 0.6 is 0 Å². The molecule has 2 unspecified atom stereocenters. The Balaban J connectivity index is 1.73. The second-order valence-electron chi connectivity index (χ2n) is 12.3. The van der Waals surface area contributed by atoms with Gasteiger partial charge in [-0.1, -0.05) is 52.0 Å². The number of fused-ring (bicyclic) bond motifs is 1. The van der Waals surface area contributed by atoms with Gasteiger partial charge < -0.3 is 10.2 Å². The molecule has 0 bridgehead atoms. The molecular weight excluding hydrogens is 380 g/mol. The Hall–Kier alpha value is -0.860. The van der Waals surface area contributed by atoms with E-state index in [0.29, 0.717) is 23.2 Å². The van der Waals surface area contributed by atoms with Gasteiger partial charge in [0.25, 0.3) is 0 Å². The lowest BCUT2D eigenvalue weighted by atomic mass is 9.59. The molecule has 0 amide bonds. The Morgan fingerprint density at radius 1 is 1.19 bits per heavy atom.